The molecule has 0 N–H and O–H groups in total. The van der Waals surface area contributed by atoms with Crippen LogP contribution in [0.4, 0.5) is 0 Å². The zero-order valence-electron chi connectivity index (χ0n) is 6.17. The fourth-order valence-electron chi connectivity index (χ4n) is 0.784. The molecule has 0 atom stereocenters. The number of pyridine rings is 1. The summed E-state index contributed by atoms with van der Waals surface area (Å²) in [6.45, 7) is 1.80. The summed E-state index contributed by atoms with van der Waals surface area (Å²) in [4.78, 5) is 14.9. The Balaban J connectivity index is 3.03. The van der Waals surface area contributed by atoms with Crippen LogP contribution in [-0.2, 0) is 0 Å². The minimum atomic E-state index is 0.0306. The maximum absolute atomic E-state index is 11.1. The fourth-order valence-corrected chi connectivity index (χ4v) is 1.01. The zero-order chi connectivity index (χ0) is 8.27. The van der Waals surface area contributed by atoms with E-state index >= 15 is 0 Å². The zero-order valence-corrected chi connectivity index (χ0v) is 6.93. The molecule has 0 spiro atoms. The molecule has 3 heteroatoms. The molecule has 1 heterocycles. The van der Waals surface area contributed by atoms with Crippen LogP contribution in [0.15, 0.2) is 18.3 Å². The van der Waals surface area contributed by atoms with E-state index in [1.54, 1.807) is 25.3 Å². The molecule has 0 fully saturated rings. The van der Waals surface area contributed by atoms with Crippen LogP contribution < -0.4 is 0 Å². The molecule has 0 unspecified atom stereocenters. The van der Waals surface area contributed by atoms with Gasteiger partial charge in [0.25, 0.3) is 0 Å². The number of ketones is 1. The van der Waals surface area contributed by atoms with Crippen molar-refractivity contribution in [1.82, 2.24) is 4.98 Å². The van der Waals surface area contributed by atoms with Gasteiger partial charge in [0, 0.05) is 12.6 Å². The normalized spacial score (nSPS) is 9.64. The number of aromatic nitrogens is 1. The molecule has 0 aliphatic rings. The van der Waals surface area contributed by atoms with Crippen LogP contribution in [-0.4, -0.2) is 10.8 Å². The molecule has 0 bridgehead atoms. The van der Waals surface area contributed by atoms with Crippen molar-refractivity contribution in [1.29, 1.82) is 0 Å². The van der Waals surface area contributed by atoms with Gasteiger partial charge in [0.1, 0.15) is 5.15 Å². The van der Waals surface area contributed by atoms with E-state index in [2.05, 4.69) is 4.98 Å². The third-order valence-corrected chi connectivity index (χ3v) is 1.68. The minimum Gasteiger partial charge on any atom is -0.294 e. The number of carbonyl (C=O) groups excluding carboxylic acids is 1. The highest BCUT2D eigenvalue weighted by molar-refractivity contribution is 6.32. The van der Waals surface area contributed by atoms with Gasteiger partial charge in [-0.3, -0.25) is 4.79 Å². The standard InChI is InChI=1S/C8H8ClNO/c1-2-7(11)6-4-3-5-10-8(6)9/h3-5H,2H2,1H3. The van der Waals surface area contributed by atoms with Gasteiger partial charge in [-0.15, -0.1) is 0 Å². The lowest BCUT2D eigenvalue weighted by Gasteiger charge is -1.97. The third-order valence-electron chi connectivity index (χ3n) is 1.38. The topological polar surface area (TPSA) is 30.0 Å². The van der Waals surface area contributed by atoms with Crippen LogP contribution in [0, 0.1) is 0 Å². The minimum absolute atomic E-state index is 0.0306. The molecule has 0 saturated carbocycles. The maximum atomic E-state index is 11.1. The molecular formula is C8H8ClNO. The van der Waals surface area contributed by atoms with Crippen LogP contribution in [0.5, 0.6) is 0 Å². The number of Topliss-reactive ketones (excluding diaryl/α,β-unsaturated/α-hetero) is 1. The van der Waals surface area contributed by atoms with Gasteiger partial charge < -0.3 is 0 Å². The Kier molecular flexibility index (Phi) is 2.60. The van der Waals surface area contributed by atoms with E-state index in [1.165, 1.54) is 0 Å². The van der Waals surface area contributed by atoms with Gasteiger partial charge in [-0.25, -0.2) is 4.98 Å². The van der Waals surface area contributed by atoms with E-state index in [-0.39, 0.29) is 5.78 Å². The van der Waals surface area contributed by atoms with Gasteiger partial charge in [-0.05, 0) is 12.1 Å². The number of rotatable bonds is 2. The van der Waals surface area contributed by atoms with Gasteiger partial charge in [0.05, 0.1) is 5.56 Å². The van der Waals surface area contributed by atoms with E-state index in [1.807, 2.05) is 0 Å². The summed E-state index contributed by atoms with van der Waals surface area (Å²) in [6.07, 6.45) is 2.03. The second kappa shape index (κ2) is 3.49. The molecule has 2 nitrogen and oxygen atoms in total. The van der Waals surface area contributed by atoms with Gasteiger partial charge >= 0.3 is 0 Å². The maximum Gasteiger partial charge on any atom is 0.165 e. The Bertz CT molecular complexity index is 273. The molecule has 0 aliphatic heterocycles. The SMILES string of the molecule is CCC(=O)c1cccnc1Cl. The predicted octanol–water partition coefficient (Wildman–Crippen LogP) is 2.33. The van der Waals surface area contributed by atoms with E-state index in [0.717, 1.165) is 0 Å². The van der Waals surface area contributed by atoms with Crippen molar-refractivity contribution in [2.24, 2.45) is 0 Å². The van der Waals surface area contributed by atoms with Crippen molar-refractivity contribution in [2.45, 2.75) is 13.3 Å². The summed E-state index contributed by atoms with van der Waals surface area (Å²) in [7, 11) is 0. The average Bonchev–Trinajstić information content (AvgIpc) is 2.04. The highest BCUT2D eigenvalue weighted by Crippen LogP contribution is 2.12. The molecule has 0 radical (unpaired) electrons. The van der Waals surface area contributed by atoms with E-state index in [0.29, 0.717) is 17.1 Å². The molecule has 1 aromatic rings. The lowest BCUT2D eigenvalue weighted by molar-refractivity contribution is 0.0988. The lowest BCUT2D eigenvalue weighted by atomic mass is 10.1. The average molecular weight is 170 g/mol. The second-order valence-electron chi connectivity index (χ2n) is 2.12. The second-order valence-corrected chi connectivity index (χ2v) is 2.48. The first-order chi connectivity index (χ1) is 5.25. The number of hydrogen-bond acceptors (Lipinski definition) is 2. The van der Waals surface area contributed by atoms with Crippen molar-refractivity contribution in [3.8, 4) is 0 Å². The Morgan fingerprint density at radius 1 is 1.73 bits per heavy atom. The molecule has 1 aromatic heterocycles. The lowest BCUT2D eigenvalue weighted by Crippen LogP contribution is -1.97. The molecule has 1 rings (SSSR count). The summed E-state index contributed by atoms with van der Waals surface area (Å²) in [5.41, 5.74) is 0.511. The Hall–Kier alpha value is -0.890. The smallest absolute Gasteiger partial charge is 0.165 e. The first kappa shape index (κ1) is 8.21. The Morgan fingerprint density at radius 3 is 3.00 bits per heavy atom. The number of hydrogen-bond donors (Lipinski definition) is 0. The first-order valence-electron chi connectivity index (χ1n) is 3.39. The summed E-state index contributed by atoms with van der Waals surface area (Å²) in [5, 5.41) is 0.291. The molecule has 0 saturated heterocycles. The molecule has 58 valence electrons. The van der Waals surface area contributed by atoms with E-state index in [9.17, 15) is 4.79 Å². The van der Waals surface area contributed by atoms with Gasteiger partial charge in [0.15, 0.2) is 5.78 Å². The van der Waals surface area contributed by atoms with Crippen molar-refractivity contribution < 1.29 is 4.79 Å². The first-order valence-corrected chi connectivity index (χ1v) is 3.77. The van der Waals surface area contributed by atoms with Crippen LogP contribution in [0.1, 0.15) is 23.7 Å². The number of halogens is 1. The molecule has 0 aromatic carbocycles. The monoisotopic (exact) mass is 169 g/mol. The Morgan fingerprint density at radius 2 is 2.45 bits per heavy atom. The van der Waals surface area contributed by atoms with E-state index < -0.39 is 0 Å². The summed E-state index contributed by atoms with van der Waals surface area (Å²) >= 11 is 5.67. The van der Waals surface area contributed by atoms with Crippen LogP contribution in [0.2, 0.25) is 5.15 Å². The van der Waals surface area contributed by atoms with E-state index in [4.69, 9.17) is 11.6 Å². The molecule has 11 heavy (non-hydrogen) atoms. The van der Waals surface area contributed by atoms with Crippen LogP contribution >= 0.6 is 11.6 Å². The number of carbonyl (C=O) groups is 1. The molecular weight excluding hydrogens is 162 g/mol. The van der Waals surface area contributed by atoms with Gasteiger partial charge in [0.2, 0.25) is 0 Å². The summed E-state index contributed by atoms with van der Waals surface area (Å²) in [5.74, 6) is 0.0306. The molecule has 0 aliphatic carbocycles. The Labute approximate surface area is 70.2 Å². The highest BCUT2D eigenvalue weighted by Gasteiger charge is 2.06. The molecule has 0 amide bonds. The number of nitrogens with zero attached hydrogens (tertiary/aromatic N) is 1. The fraction of sp³-hybridized carbons (Fsp3) is 0.250. The highest BCUT2D eigenvalue weighted by atomic mass is 35.5. The van der Waals surface area contributed by atoms with Crippen molar-refractivity contribution in [3.05, 3.63) is 29.0 Å². The quantitative estimate of drug-likeness (QED) is 0.503. The van der Waals surface area contributed by atoms with Gasteiger partial charge in [-0.1, -0.05) is 18.5 Å². The summed E-state index contributed by atoms with van der Waals surface area (Å²) < 4.78 is 0. The summed E-state index contributed by atoms with van der Waals surface area (Å²) in [6, 6.07) is 3.38. The largest absolute Gasteiger partial charge is 0.294 e. The third kappa shape index (κ3) is 1.77. The van der Waals surface area contributed by atoms with Crippen LogP contribution in [0.3, 0.4) is 0 Å². The van der Waals surface area contributed by atoms with Crippen molar-refractivity contribution in [3.63, 3.8) is 0 Å². The van der Waals surface area contributed by atoms with Gasteiger partial charge in [-0.2, -0.15) is 0 Å². The van der Waals surface area contributed by atoms with Crippen molar-refractivity contribution in [2.75, 3.05) is 0 Å². The van der Waals surface area contributed by atoms with Crippen molar-refractivity contribution >= 4 is 17.4 Å². The predicted molar refractivity (Wildman–Crippen MR) is 43.9 cm³/mol. The van der Waals surface area contributed by atoms with Crippen LogP contribution in [0.25, 0.3) is 0 Å².